The Labute approximate surface area is 166 Å². The predicted molar refractivity (Wildman–Crippen MR) is 111 cm³/mol. The lowest BCUT2D eigenvalue weighted by atomic mass is 9.76. The fourth-order valence-electron chi connectivity index (χ4n) is 4.09. The Balaban J connectivity index is 1.70. The van der Waals surface area contributed by atoms with Gasteiger partial charge in [-0.15, -0.1) is 6.58 Å². The molecule has 2 heterocycles. The Morgan fingerprint density at radius 2 is 2.14 bits per heavy atom. The molecule has 146 valence electrons. The first kappa shape index (κ1) is 18.7. The topological polar surface area (TPSA) is 56.7 Å². The lowest BCUT2D eigenvalue weighted by Crippen LogP contribution is -2.24. The predicted octanol–water partition coefficient (Wildman–Crippen LogP) is 5.17. The van der Waals surface area contributed by atoms with E-state index in [9.17, 15) is 0 Å². The van der Waals surface area contributed by atoms with Gasteiger partial charge in [-0.05, 0) is 68.2 Å². The largest absolute Gasteiger partial charge is 0.334 e. The van der Waals surface area contributed by atoms with Gasteiger partial charge < -0.3 is 4.52 Å². The molecule has 0 radical (unpaired) electrons. The highest BCUT2D eigenvalue weighted by Crippen LogP contribution is 2.38. The van der Waals surface area contributed by atoms with Gasteiger partial charge in [0.15, 0.2) is 0 Å². The van der Waals surface area contributed by atoms with Crippen LogP contribution in [0.4, 0.5) is 0 Å². The lowest BCUT2D eigenvalue weighted by Gasteiger charge is -2.30. The molecule has 0 amide bonds. The highest BCUT2D eigenvalue weighted by atomic mass is 16.5. The summed E-state index contributed by atoms with van der Waals surface area (Å²) in [6.07, 6.45) is 5.98. The minimum Gasteiger partial charge on any atom is -0.334 e. The maximum atomic E-state index is 5.60. The average Bonchev–Trinajstić information content (AvgIpc) is 3.27. The molecule has 0 bridgehead atoms. The van der Waals surface area contributed by atoms with Gasteiger partial charge >= 0.3 is 0 Å². The molecule has 4 rings (SSSR count). The summed E-state index contributed by atoms with van der Waals surface area (Å²) in [5.74, 6) is 1.13. The van der Waals surface area contributed by atoms with Gasteiger partial charge in [0.05, 0.1) is 0 Å². The van der Waals surface area contributed by atoms with E-state index in [0.29, 0.717) is 17.1 Å². The van der Waals surface area contributed by atoms with Crippen LogP contribution in [0.2, 0.25) is 0 Å². The van der Waals surface area contributed by atoms with E-state index in [1.807, 2.05) is 12.1 Å². The summed E-state index contributed by atoms with van der Waals surface area (Å²) in [6, 6.07) is 6.23. The Bertz CT molecular complexity index is 1030. The number of aromatic nitrogens is 4. The molecule has 0 spiro atoms. The highest BCUT2D eigenvalue weighted by Gasteiger charge is 2.32. The Hall–Kier alpha value is -2.69. The molecule has 1 aliphatic rings. The summed E-state index contributed by atoms with van der Waals surface area (Å²) >= 11 is 0. The molecule has 1 aromatic carbocycles. The zero-order valence-electron chi connectivity index (χ0n) is 17.2. The van der Waals surface area contributed by atoms with Crippen LogP contribution >= 0.6 is 0 Å². The van der Waals surface area contributed by atoms with Crippen LogP contribution in [-0.4, -0.2) is 19.9 Å². The van der Waals surface area contributed by atoms with E-state index in [2.05, 4.69) is 61.2 Å². The molecule has 0 N–H and O–H groups in total. The molecule has 0 unspecified atom stereocenters. The summed E-state index contributed by atoms with van der Waals surface area (Å²) < 4.78 is 7.71. The van der Waals surface area contributed by atoms with Crippen molar-refractivity contribution in [2.75, 3.05) is 0 Å². The van der Waals surface area contributed by atoms with Gasteiger partial charge in [-0.2, -0.15) is 10.1 Å². The van der Waals surface area contributed by atoms with Gasteiger partial charge in [0, 0.05) is 23.4 Å². The van der Waals surface area contributed by atoms with Crippen molar-refractivity contribution in [3.05, 3.63) is 53.2 Å². The second-order valence-electron chi connectivity index (χ2n) is 8.49. The minimum atomic E-state index is 0.310. The lowest BCUT2D eigenvalue weighted by molar-refractivity contribution is 0.305. The van der Waals surface area contributed by atoms with Crippen molar-refractivity contribution in [1.29, 1.82) is 0 Å². The Morgan fingerprint density at radius 1 is 1.32 bits per heavy atom. The van der Waals surface area contributed by atoms with Crippen LogP contribution in [0.5, 0.6) is 0 Å². The number of hydrogen-bond acceptors (Lipinski definition) is 4. The molecule has 0 aliphatic heterocycles. The quantitative estimate of drug-likeness (QED) is 0.576. The smallest absolute Gasteiger partial charge is 0.258 e. The summed E-state index contributed by atoms with van der Waals surface area (Å²) in [4.78, 5) is 4.69. The van der Waals surface area contributed by atoms with Crippen LogP contribution in [0, 0.1) is 12.3 Å². The van der Waals surface area contributed by atoms with Crippen LogP contribution in [0.1, 0.15) is 49.6 Å². The van der Waals surface area contributed by atoms with Crippen molar-refractivity contribution in [3.63, 3.8) is 0 Å². The van der Waals surface area contributed by atoms with Crippen molar-refractivity contribution in [1.82, 2.24) is 19.9 Å². The molecule has 0 atom stereocenters. The van der Waals surface area contributed by atoms with Crippen molar-refractivity contribution >= 4 is 0 Å². The van der Waals surface area contributed by atoms with Gasteiger partial charge in [-0.25, -0.2) is 0 Å². The van der Waals surface area contributed by atoms with Crippen LogP contribution < -0.4 is 0 Å². The first-order valence-corrected chi connectivity index (χ1v) is 10.1. The van der Waals surface area contributed by atoms with Crippen LogP contribution in [-0.2, 0) is 25.8 Å². The number of fused-ring (bicyclic) bond motifs is 1. The molecule has 28 heavy (non-hydrogen) atoms. The molecule has 3 aromatic rings. The van der Waals surface area contributed by atoms with Crippen molar-refractivity contribution in [2.24, 2.45) is 5.41 Å². The molecule has 0 fully saturated rings. The fourth-order valence-corrected chi connectivity index (χ4v) is 4.09. The molecular weight excluding hydrogens is 348 g/mol. The monoisotopic (exact) mass is 376 g/mol. The molecule has 0 saturated carbocycles. The van der Waals surface area contributed by atoms with Crippen LogP contribution in [0.25, 0.3) is 23.0 Å². The minimum absolute atomic E-state index is 0.310. The number of benzene rings is 1. The maximum absolute atomic E-state index is 5.60. The first-order chi connectivity index (χ1) is 13.4. The molecule has 2 aromatic heterocycles. The first-order valence-electron chi connectivity index (χ1n) is 10.1. The molecule has 0 saturated heterocycles. The number of rotatable bonds is 5. The zero-order chi connectivity index (χ0) is 19.9. The Morgan fingerprint density at radius 3 is 2.86 bits per heavy atom. The van der Waals surface area contributed by atoms with E-state index in [1.54, 1.807) is 0 Å². The van der Waals surface area contributed by atoms with Gasteiger partial charge in [0.25, 0.3) is 5.89 Å². The summed E-state index contributed by atoms with van der Waals surface area (Å²) in [6.45, 7) is 13.6. The number of hydrogen-bond donors (Lipinski definition) is 0. The van der Waals surface area contributed by atoms with Gasteiger partial charge in [0.2, 0.25) is 5.82 Å². The van der Waals surface area contributed by atoms with Gasteiger partial charge in [-0.3, -0.25) is 4.68 Å². The fraction of sp³-hybridized carbons (Fsp3) is 0.435. The number of nitrogens with zero attached hydrogens (tertiary/aromatic N) is 4. The summed E-state index contributed by atoms with van der Waals surface area (Å²) in [7, 11) is 0. The normalized spacial score (nSPS) is 15.4. The van der Waals surface area contributed by atoms with E-state index < -0.39 is 0 Å². The Kier molecular flexibility index (Phi) is 4.69. The number of aryl methyl sites for hydroxylation is 2. The molecule has 5 heteroatoms. The van der Waals surface area contributed by atoms with Gasteiger partial charge in [0.1, 0.15) is 5.69 Å². The SMILES string of the molecule is C=CCc1ccc(-c2nc(-c3nn(CC)c4c3CCC(C)(C)C4)no2)cc1C. The zero-order valence-corrected chi connectivity index (χ0v) is 17.2. The summed E-state index contributed by atoms with van der Waals surface area (Å²) in [5.41, 5.74) is 7.20. The van der Waals surface area contributed by atoms with E-state index >= 15 is 0 Å². The third kappa shape index (κ3) is 3.30. The van der Waals surface area contributed by atoms with Crippen molar-refractivity contribution in [2.45, 2.75) is 59.9 Å². The second-order valence-corrected chi connectivity index (χ2v) is 8.49. The standard InChI is InChI=1S/C23H28N4O/c1-6-8-16-9-10-17(13-15(16)3)22-24-21(26-28-22)20-18-11-12-23(4,5)14-19(18)27(7-2)25-20/h6,9-10,13H,1,7-8,11-12,14H2,2-5H3. The average molecular weight is 377 g/mol. The molecule has 5 nitrogen and oxygen atoms in total. The van der Waals surface area contributed by atoms with Crippen molar-refractivity contribution in [3.8, 4) is 23.0 Å². The summed E-state index contributed by atoms with van der Waals surface area (Å²) in [5, 5.41) is 9.09. The van der Waals surface area contributed by atoms with Gasteiger partial charge in [-0.1, -0.05) is 31.1 Å². The van der Waals surface area contributed by atoms with E-state index in [1.165, 1.54) is 22.4 Å². The van der Waals surface area contributed by atoms with Crippen LogP contribution in [0.3, 0.4) is 0 Å². The second kappa shape index (κ2) is 7.04. The van der Waals surface area contributed by atoms with E-state index in [0.717, 1.165) is 43.5 Å². The van der Waals surface area contributed by atoms with E-state index in [4.69, 9.17) is 9.62 Å². The molecular formula is C23H28N4O. The third-order valence-corrected chi connectivity index (χ3v) is 5.76. The van der Waals surface area contributed by atoms with Crippen LogP contribution in [0.15, 0.2) is 35.4 Å². The third-order valence-electron chi connectivity index (χ3n) is 5.76. The molecule has 1 aliphatic carbocycles. The van der Waals surface area contributed by atoms with E-state index in [-0.39, 0.29) is 0 Å². The highest BCUT2D eigenvalue weighted by molar-refractivity contribution is 5.62. The maximum Gasteiger partial charge on any atom is 0.258 e. The van der Waals surface area contributed by atoms with Crippen molar-refractivity contribution < 1.29 is 4.52 Å². The number of allylic oxidation sites excluding steroid dienone is 1.